The molecule has 2 fully saturated rings. The van der Waals surface area contributed by atoms with Crippen LogP contribution in [0.25, 0.3) is 0 Å². The predicted octanol–water partition coefficient (Wildman–Crippen LogP) is -0.571. The molecule has 5 nitrogen and oxygen atoms in total. The Bertz CT molecular complexity index is 287. The van der Waals surface area contributed by atoms with Crippen molar-refractivity contribution < 1.29 is 9.59 Å². The van der Waals surface area contributed by atoms with Crippen molar-refractivity contribution in [2.45, 2.75) is 25.3 Å². The molecular formula is C11H19N3O2. The zero-order valence-corrected chi connectivity index (χ0v) is 9.74. The summed E-state index contributed by atoms with van der Waals surface area (Å²) < 4.78 is 0. The van der Waals surface area contributed by atoms with E-state index in [1.807, 2.05) is 7.05 Å². The molecule has 2 amide bonds. The monoisotopic (exact) mass is 225 g/mol. The Morgan fingerprint density at radius 1 is 1.62 bits per heavy atom. The van der Waals surface area contributed by atoms with Crippen molar-refractivity contribution in [3.63, 3.8) is 0 Å². The highest BCUT2D eigenvalue weighted by Gasteiger charge is 2.27. The van der Waals surface area contributed by atoms with E-state index in [-0.39, 0.29) is 18.4 Å². The fourth-order valence-electron chi connectivity index (χ4n) is 2.32. The number of rotatable bonds is 3. The molecule has 5 heteroatoms. The summed E-state index contributed by atoms with van der Waals surface area (Å²) >= 11 is 0. The smallest absolute Gasteiger partial charge is 0.242 e. The van der Waals surface area contributed by atoms with Gasteiger partial charge in [-0.1, -0.05) is 0 Å². The number of nitrogens with zero attached hydrogens (tertiary/aromatic N) is 2. The van der Waals surface area contributed by atoms with E-state index in [0.29, 0.717) is 12.5 Å². The highest BCUT2D eigenvalue weighted by molar-refractivity contribution is 5.85. The SMILES string of the molecule is CN(C(=O)CN1CCCC1=O)C1CCNC1. The van der Waals surface area contributed by atoms with Gasteiger partial charge in [0.25, 0.3) is 0 Å². The van der Waals surface area contributed by atoms with Gasteiger partial charge in [0, 0.05) is 32.6 Å². The van der Waals surface area contributed by atoms with Gasteiger partial charge in [-0.15, -0.1) is 0 Å². The molecule has 16 heavy (non-hydrogen) atoms. The van der Waals surface area contributed by atoms with Crippen LogP contribution in [-0.4, -0.2) is 60.9 Å². The highest BCUT2D eigenvalue weighted by Crippen LogP contribution is 2.11. The maximum atomic E-state index is 11.9. The molecule has 1 unspecified atom stereocenters. The zero-order valence-electron chi connectivity index (χ0n) is 9.74. The van der Waals surface area contributed by atoms with Crippen LogP contribution in [-0.2, 0) is 9.59 Å². The number of likely N-dealkylation sites (N-methyl/N-ethyl adjacent to an activating group) is 1. The Labute approximate surface area is 95.8 Å². The van der Waals surface area contributed by atoms with Crippen molar-refractivity contribution in [2.24, 2.45) is 0 Å². The van der Waals surface area contributed by atoms with Crippen LogP contribution in [0.1, 0.15) is 19.3 Å². The summed E-state index contributed by atoms with van der Waals surface area (Å²) in [6, 6.07) is 0.296. The van der Waals surface area contributed by atoms with E-state index in [2.05, 4.69) is 5.32 Å². The molecule has 1 atom stereocenters. The van der Waals surface area contributed by atoms with Crippen LogP contribution in [0.3, 0.4) is 0 Å². The molecule has 2 aliphatic heterocycles. The van der Waals surface area contributed by atoms with Gasteiger partial charge in [0.05, 0.1) is 6.54 Å². The molecule has 0 radical (unpaired) electrons. The van der Waals surface area contributed by atoms with Crippen molar-refractivity contribution in [1.29, 1.82) is 0 Å². The van der Waals surface area contributed by atoms with Gasteiger partial charge < -0.3 is 15.1 Å². The van der Waals surface area contributed by atoms with E-state index in [0.717, 1.165) is 32.5 Å². The standard InChI is InChI=1S/C11H19N3O2/c1-13(9-4-5-12-7-9)11(16)8-14-6-2-3-10(14)15/h9,12H,2-8H2,1H3. The van der Waals surface area contributed by atoms with E-state index in [1.165, 1.54) is 0 Å². The summed E-state index contributed by atoms with van der Waals surface area (Å²) in [6.07, 6.45) is 2.50. The third kappa shape index (κ3) is 2.35. The molecule has 0 saturated carbocycles. The van der Waals surface area contributed by atoms with Gasteiger partial charge in [-0.2, -0.15) is 0 Å². The Morgan fingerprint density at radius 2 is 2.44 bits per heavy atom. The molecule has 2 heterocycles. The summed E-state index contributed by atoms with van der Waals surface area (Å²) in [5.41, 5.74) is 0. The maximum absolute atomic E-state index is 11.9. The van der Waals surface area contributed by atoms with Gasteiger partial charge in [-0.3, -0.25) is 9.59 Å². The Morgan fingerprint density at radius 3 is 3.00 bits per heavy atom. The lowest BCUT2D eigenvalue weighted by molar-refractivity contribution is -0.138. The third-order valence-electron chi connectivity index (χ3n) is 3.47. The third-order valence-corrected chi connectivity index (χ3v) is 3.47. The summed E-state index contributed by atoms with van der Waals surface area (Å²) in [7, 11) is 1.83. The second-order valence-electron chi connectivity index (χ2n) is 4.57. The van der Waals surface area contributed by atoms with E-state index in [4.69, 9.17) is 0 Å². The van der Waals surface area contributed by atoms with Gasteiger partial charge in [0.2, 0.25) is 11.8 Å². The van der Waals surface area contributed by atoms with Crippen LogP contribution in [0, 0.1) is 0 Å². The quantitative estimate of drug-likeness (QED) is 0.700. The molecule has 0 aromatic heterocycles. The largest absolute Gasteiger partial charge is 0.340 e. The van der Waals surface area contributed by atoms with Gasteiger partial charge >= 0.3 is 0 Å². The summed E-state index contributed by atoms with van der Waals surface area (Å²) in [5, 5.41) is 3.24. The first kappa shape index (κ1) is 11.4. The van der Waals surface area contributed by atoms with E-state index in [1.54, 1.807) is 9.80 Å². The topological polar surface area (TPSA) is 52.7 Å². The fraction of sp³-hybridized carbons (Fsp3) is 0.818. The highest BCUT2D eigenvalue weighted by atomic mass is 16.2. The first-order valence-electron chi connectivity index (χ1n) is 5.92. The maximum Gasteiger partial charge on any atom is 0.242 e. The molecule has 0 bridgehead atoms. The summed E-state index contributed by atoms with van der Waals surface area (Å²) in [4.78, 5) is 26.8. The van der Waals surface area contributed by atoms with E-state index in [9.17, 15) is 9.59 Å². The zero-order chi connectivity index (χ0) is 11.5. The van der Waals surface area contributed by atoms with Gasteiger partial charge in [-0.25, -0.2) is 0 Å². The number of hydrogen-bond acceptors (Lipinski definition) is 3. The molecule has 0 aromatic carbocycles. The molecule has 1 N–H and O–H groups in total. The molecule has 0 aromatic rings. The minimum atomic E-state index is 0.0592. The lowest BCUT2D eigenvalue weighted by atomic mass is 10.2. The molecule has 2 aliphatic rings. The van der Waals surface area contributed by atoms with Crippen molar-refractivity contribution >= 4 is 11.8 Å². The van der Waals surface area contributed by atoms with Gasteiger partial charge in [0.1, 0.15) is 0 Å². The van der Waals surface area contributed by atoms with E-state index < -0.39 is 0 Å². The number of nitrogens with one attached hydrogen (secondary N) is 1. The van der Waals surface area contributed by atoms with Crippen molar-refractivity contribution in [2.75, 3.05) is 33.2 Å². The fourth-order valence-corrected chi connectivity index (χ4v) is 2.32. The molecule has 90 valence electrons. The number of carbonyl (C=O) groups is 2. The first-order chi connectivity index (χ1) is 7.68. The van der Waals surface area contributed by atoms with Crippen molar-refractivity contribution in [3.05, 3.63) is 0 Å². The Kier molecular flexibility index (Phi) is 3.43. The Hall–Kier alpha value is -1.10. The van der Waals surface area contributed by atoms with Gasteiger partial charge in [0.15, 0.2) is 0 Å². The number of likely N-dealkylation sites (tertiary alicyclic amines) is 1. The summed E-state index contributed by atoms with van der Waals surface area (Å²) in [6.45, 7) is 2.84. The van der Waals surface area contributed by atoms with Crippen LogP contribution in [0.2, 0.25) is 0 Å². The molecule has 2 saturated heterocycles. The molecule has 2 rings (SSSR count). The number of carbonyl (C=O) groups excluding carboxylic acids is 2. The van der Waals surface area contributed by atoms with Crippen LogP contribution >= 0.6 is 0 Å². The lowest BCUT2D eigenvalue weighted by Crippen LogP contribution is -2.44. The Balaban J connectivity index is 1.84. The van der Waals surface area contributed by atoms with Crippen LogP contribution in [0.5, 0.6) is 0 Å². The lowest BCUT2D eigenvalue weighted by Gasteiger charge is -2.26. The second-order valence-corrected chi connectivity index (χ2v) is 4.57. The summed E-state index contributed by atoms with van der Waals surface area (Å²) in [5.74, 6) is 0.176. The first-order valence-corrected chi connectivity index (χ1v) is 5.92. The molecular weight excluding hydrogens is 206 g/mol. The van der Waals surface area contributed by atoms with Crippen LogP contribution in [0.4, 0.5) is 0 Å². The normalized spacial score (nSPS) is 25.2. The van der Waals surface area contributed by atoms with E-state index >= 15 is 0 Å². The predicted molar refractivity (Wildman–Crippen MR) is 59.9 cm³/mol. The van der Waals surface area contributed by atoms with Crippen LogP contribution in [0.15, 0.2) is 0 Å². The minimum absolute atomic E-state index is 0.0592. The van der Waals surface area contributed by atoms with Crippen LogP contribution < -0.4 is 5.32 Å². The number of amides is 2. The molecule has 0 spiro atoms. The molecule has 0 aliphatic carbocycles. The van der Waals surface area contributed by atoms with Crippen molar-refractivity contribution in [3.8, 4) is 0 Å². The number of hydrogen-bond donors (Lipinski definition) is 1. The average molecular weight is 225 g/mol. The average Bonchev–Trinajstić information content (AvgIpc) is 2.89. The van der Waals surface area contributed by atoms with Gasteiger partial charge in [-0.05, 0) is 19.4 Å². The second kappa shape index (κ2) is 4.82. The van der Waals surface area contributed by atoms with Crippen molar-refractivity contribution in [1.82, 2.24) is 15.1 Å². The minimum Gasteiger partial charge on any atom is -0.340 e.